The summed E-state index contributed by atoms with van der Waals surface area (Å²) in [5.74, 6) is -4.19. The molecule has 0 aliphatic heterocycles. The predicted molar refractivity (Wildman–Crippen MR) is 72.9 cm³/mol. The summed E-state index contributed by atoms with van der Waals surface area (Å²) in [7, 11) is 0. The average Bonchev–Trinajstić information content (AvgIpc) is 2.42. The molecule has 1 aromatic carbocycles. The Morgan fingerprint density at radius 2 is 1.71 bits per heavy atom. The van der Waals surface area contributed by atoms with Crippen molar-refractivity contribution in [2.75, 3.05) is 13.2 Å². The number of rotatable bonds is 6. The van der Waals surface area contributed by atoms with E-state index in [4.69, 9.17) is 9.47 Å². The first kappa shape index (κ1) is 17.1. The van der Waals surface area contributed by atoms with Gasteiger partial charge in [-0.15, -0.1) is 0 Å². The number of ether oxygens (including phenoxy) is 2. The number of carbonyl (C=O) groups is 2. The Hall–Kier alpha value is -1.95. The van der Waals surface area contributed by atoms with Gasteiger partial charge in [-0.3, -0.25) is 9.59 Å². The molecule has 0 saturated heterocycles. The second-order valence-electron chi connectivity index (χ2n) is 4.45. The molecule has 0 saturated carbocycles. The van der Waals surface area contributed by atoms with Crippen LogP contribution in [0, 0.1) is 18.7 Å². The van der Waals surface area contributed by atoms with Crippen LogP contribution in [-0.4, -0.2) is 30.3 Å². The van der Waals surface area contributed by atoms with Gasteiger partial charge < -0.3 is 14.6 Å². The third-order valence-electron chi connectivity index (χ3n) is 2.87. The maximum absolute atomic E-state index is 13.8. The molecule has 5 nitrogen and oxygen atoms in total. The van der Waals surface area contributed by atoms with Crippen molar-refractivity contribution in [2.24, 2.45) is 5.92 Å². The Kier molecular flexibility index (Phi) is 6.30. The van der Waals surface area contributed by atoms with Crippen LogP contribution in [0.15, 0.2) is 18.2 Å². The van der Waals surface area contributed by atoms with E-state index in [0.29, 0.717) is 5.56 Å². The Balaban J connectivity index is 3.14. The van der Waals surface area contributed by atoms with E-state index in [1.165, 1.54) is 18.2 Å². The molecule has 116 valence electrons. The number of carbonyl (C=O) groups excluding carboxylic acids is 2. The third kappa shape index (κ3) is 4.26. The van der Waals surface area contributed by atoms with Gasteiger partial charge in [-0.25, -0.2) is 4.39 Å². The van der Waals surface area contributed by atoms with Gasteiger partial charge in [0.2, 0.25) is 0 Å². The van der Waals surface area contributed by atoms with E-state index in [-0.39, 0.29) is 18.8 Å². The van der Waals surface area contributed by atoms with Crippen molar-refractivity contribution in [3.05, 3.63) is 35.1 Å². The largest absolute Gasteiger partial charge is 0.465 e. The topological polar surface area (TPSA) is 72.8 Å². The molecule has 1 aromatic rings. The highest BCUT2D eigenvalue weighted by molar-refractivity contribution is 5.95. The molecule has 0 aromatic heterocycles. The highest BCUT2D eigenvalue weighted by Gasteiger charge is 2.38. The highest BCUT2D eigenvalue weighted by atomic mass is 19.1. The zero-order valence-electron chi connectivity index (χ0n) is 12.3. The Bertz CT molecular complexity index is 497. The van der Waals surface area contributed by atoms with Crippen LogP contribution in [0.5, 0.6) is 0 Å². The highest BCUT2D eigenvalue weighted by Crippen LogP contribution is 2.27. The summed E-state index contributed by atoms with van der Waals surface area (Å²) < 4.78 is 23.3. The maximum Gasteiger partial charge on any atom is 0.323 e. The molecule has 21 heavy (non-hydrogen) atoms. The van der Waals surface area contributed by atoms with Crippen molar-refractivity contribution in [3.8, 4) is 0 Å². The van der Waals surface area contributed by atoms with Crippen LogP contribution in [0.3, 0.4) is 0 Å². The number of hydrogen-bond acceptors (Lipinski definition) is 5. The summed E-state index contributed by atoms with van der Waals surface area (Å²) in [6.07, 6.45) is -1.66. The first-order valence-electron chi connectivity index (χ1n) is 6.69. The predicted octanol–water partition coefficient (Wildman–Crippen LogP) is 1.91. The van der Waals surface area contributed by atoms with E-state index in [2.05, 4.69) is 0 Å². The third-order valence-corrected chi connectivity index (χ3v) is 2.87. The van der Waals surface area contributed by atoms with Crippen LogP contribution in [-0.2, 0) is 19.1 Å². The zero-order chi connectivity index (χ0) is 16.0. The quantitative estimate of drug-likeness (QED) is 0.641. The van der Waals surface area contributed by atoms with Gasteiger partial charge in [-0.1, -0.05) is 17.7 Å². The van der Waals surface area contributed by atoms with Gasteiger partial charge in [-0.05, 0) is 26.8 Å². The SMILES string of the molecule is CCOC(=O)C(C(=O)OCC)C(O)c1cc(C)ccc1F. The van der Waals surface area contributed by atoms with Gasteiger partial charge >= 0.3 is 11.9 Å². The summed E-state index contributed by atoms with van der Waals surface area (Å²) in [6.45, 7) is 4.92. The van der Waals surface area contributed by atoms with E-state index in [1.54, 1.807) is 20.8 Å². The Morgan fingerprint density at radius 1 is 1.19 bits per heavy atom. The fraction of sp³-hybridized carbons (Fsp3) is 0.467. The summed E-state index contributed by atoms with van der Waals surface area (Å²) >= 11 is 0. The van der Waals surface area contributed by atoms with E-state index >= 15 is 0 Å². The lowest BCUT2D eigenvalue weighted by Gasteiger charge is -2.20. The fourth-order valence-electron chi connectivity index (χ4n) is 1.89. The van der Waals surface area contributed by atoms with Gasteiger partial charge in [-0.2, -0.15) is 0 Å². The lowest BCUT2D eigenvalue weighted by atomic mass is 9.94. The molecule has 1 unspecified atom stereocenters. The number of halogens is 1. The molecule has 1 atom stereocenters. The summed E-state index contributed by atoms with van der Waals surface area (Å²) in [5, 5.41) is 10.2. The molecule has 6 heteroatoms. The minimum absolute atomic E-state index is 0.0394. The Labute approximate surface area is 122 Å². The van der Waals surface area contributed by atoms with Crippen molar-refractivity contribution in [1.29, 1.82) is 0 Å². The fourth-order valence-corrected chi connectivity index (χ4v) is 1.89. The monoisotopic (exact) mass is 298 g/mol. The minimum atomic E-state index is -1.66. The van der Waals surface area contributed by atoms with Gasteiger partial charge in [0.25, 0.3) is 0 Å². The first-order valence-corrected chi connectivity index (χ1v) is 6.69. The zero-order valence-corrected chi connectivity index (χ0v) is 12.3. The van der Waals surface area contributed by atoms with Crippen LogP contribution in [0.4, 0.5) is 4.39 Å². The summed E-state index contributed by atoms with van der Waals surface area (Å²) in [4.78, 5) is 23.7. The van der Waals surface area contributed by atoms with E-state index < -0.39 is 29.8 Å². The van der Waals surface area contributed by atoms with Crippen molar-refractivity contribution in [1.82, 2.24) is 0 Å². The molecular weight excluding hydrogens is 279 g/mol. The Morgan fingerprint density at radius 3 is 2.19 bits per heavy atom. The average molecular weight is 298 g/mol. The molecule has 0 heterocycles. The molecule has 0 spiro atoms. The smallest absolute Gasteiger partial charge is 0.323 e. The lowest BCUT2D eigenvalue weighted by molar-refractivity contribution is -0.167. The number of aliphatic hydroxyl groups is 1. The number of hydrogen-bond donors (Lipinski definition) is 1. The minimum Gasteiger partial charge on any atom is -0.465 e. The van der Waals surface area contributed by atoms with Gasteiger partial charge in [0.15, 0.2) is 5.92 Å². The summed E-state index contributed by atoms with van der Waals surface area (Å²) in [5.41, 5.74) is 0.554. The standard InChI is InChI=1S/C15H19FO5/c1-4-20-14(18)12(15(19)21-5-2)13(17)10-8-9(3)6-7-11(10)16/h6-8,12-13,17H,4-5H2,1-3H3. The van der Waals surface area contributed by atoms with Crippen LogP contribution < -0.4 is 0 Å². The lowest BCUT2D eigenvalue weighted by Crippen LogP contribution is -2.33. The molecule has 0 aliphatic carbocycles. The second-order valence-corrected chi connectivity index (χ2v) is 4.45. The molecule has 0 bridgehead atoms. The summed E-state index contributed by atoms with van der Waals surface area (Å²) in [6, 6.07) is 4.07. The van der Waals surface area contributed by atoms with Crippen molar-refractivity contribution in [3.63, 3.8) is 0 Å². The van der Waals surface area contributed by atoms with E-state index in [9.17, 15) is 19.1 Å². The number of benzene rings is 1. The van der Waals surface area contributed by atoms with Crippen molar-refractivity contribution in [2.45, 2.75) is 26.9 Å². The van der Waals surface area contributed by atoms with E-state index in [1.807, 2.05) is 0 Å². The first-order chi connectivity index (χ1) is 9.92. The molecule has 0 aliphatic rings. The van der Waals surface area contributed by atoms with Crippen LogP contribution in [0.1, 0.15) is 31.1 Å². The molecule has 0 radical (unpaired) electrons. The normalized spacial score (nSPS) is 12.1. The molecular formula is C15H19FO5. The number of esters is 2. The maximum atomic E-state index is 13.8. The molecule has 1 N–H and O–H groups in total. The van der Waals surface area contributed by atoms with Crippen LogP contribution >= 0.6 is 0 Å². The number of aliphatic hydroxyl groups excluding tert-OH is 1. The van der Waals surface area contributed by atoms with Crippen LogP contribution in [0.2, 0.25) is 0 Å². The van der Waals surface area contributed by atoms with E-state index in [0.717, 1.165) is 0 Å². The van der Waals surface area contributed by atoms with Gasteiger partial charge in [0, 0.05) is 5.56 Å². The van der Waals surface area contributed by atoms with Gasteiger partial charge in [0.05, 0.1) is 13.2 Å². The van der Waals surface area contributed by atoms with Gasteiger partial charge in [0.1, 0.15) is 11.9 Å². The molecule has 0 fully saturated rings. The molecule has 1 rings (SSSR count). The molecule has 0 amide bonds. The second kappa shape index (κ2) is 7.73. The van der Waals surface area contributed by atoms with Crippen LogP contribution in [0.25, 0.3) is 0 Å². The van der Waals surface area contributed by atoms with Crippen molar-refractivity contribution >= 4 is 11.9 Å². The number of aryl methyl sites for hydroxylation is 1. The van der Waals surface area contributed by atoms with Crippen molar-refractivity contribution < 1.29 is 28.6 Å².